The predicted octanol–water partition coefficient (Wildman–Crippen LogP) is 2.09. The second kappa shape index (κ2) is 2.54. The third-order valence-electron chi connectivity index (χ3n) is 2.74. The van der Waals surface area contributed by atoms with Crippen LogP contribution in [0.4, 0.5) is 0 Å². The molecule has 0 spiro atoms. The molecule has 0 radical (unpaired) electrons. The van der Waals surface area contributed by atoms with Gasteiger partial charge in [0.1, 0.15) is 6.33 Å². The van der Waals surface area contributed by atoms with Gasteiger partial charge in [-0.15, -0.1) is 0 Å². The molecule has 0 atom stereocenters. The summed E-state index contributed by atoms with van der Waals surface area (Å²) >= 11 is 0. The Bertz CT molecular complexity index is 292. The van der Waals surface area contributed by atoms with Gasteiger partial charge in [0, 0.05) is 11.9 Å². The van der Waals surface area contributed by atoms with Crippen LogP contribution in [0, 0.1) is 0 Å². The fraction of sp³-hybridized carbons (Fsp3) is 0.600. The van der Waals surface area contributed by atoms with Crippen LogP contribution in [0.1, 0.15) is 37.9 Å². The molecule has 64 valence electrons. The van der Waals surface area contributed by atoms with Crippen LogP contribution in [0.2, 0.25) is 0 Å². The second-order valence-corrected chi connectivity index (χ2v) is 4.12. The van der Waals surface area contributed by atoms with Crippen LogP contribution >= 0.6 is 0 Å². The van der Waals surface area contributed by atoms with E-state index in [-0.39, 0.29) is 5.41 Å². The Balaban J connectivity index is 2.52. The lowest BCUT2D eigenvalue weighted by Gasteiger charge is -2.30. The van der Waals surface area contributed by atoms with Crippen molar-refractivity contribution in [3.05, 3.63) is 23.8 Å². The van der Waals surface area contributed by atoms with E-state index < -0.39 is 0 Å². The second-order valence-electron chi connectivity index (χ2n) is 4.12. The van der Waals surface area contributed by atoms with E-state index in [0.29, 0.717) is 0 Å². The molecule has 0 amide bonds. The summed E-state index contributed by atoms with van der Waals surface area (Å²) < 4.78 is 0. The molecule has 12 heavy (non-hydrogen) atoms. The van der Waals surface area contributed by atoms with Crippen molar-refractivity contribution in [3.63, 3.8) is 0 Å². The van der Waals surface area contributed by atoms with E-state index in [4.69, 9.17) is 0 Å². The molecule has 1 heterocycles. The highest BCUT2D eigenvalue weighted by atomic mass is 14.8. The summed E-state index contributed by atoms with van der Waals surface area (Å²) in [7, 11) is 0. The van der Waals surface area contributed by atoms with Gasteiger partial charge in [-0.2, -0.15) is 0 Å². The third-order valence-corrected chi connectivity index (χ3v) is 2.74. The standard InChI is InChI=1S/C10H14N2/c1-10(2)5-3-4-9-8(10)6-11-7-12-9/h6-7H,3-5H2,1-2H3. The van der Waals surface area contributed by atoms with Gasteiger partial charge in [-0.1, -0.05) is 13.8 Å². The van der Waals surface area contributed by atoms with Crippen molar-refractivity contribution in [3.8, 4) is 0 Å². The average molecular weight is 162 g/mol. The van der Waals surface area contributed by atoms with Gasteiger partial charge in [-0.25, -0.2) is 9.97 Å². The van der Waals surface area contributed by atoms with Gasteiger partial charge in [-0.3, -0.25) is 0 Å². The summed E-state index contributed by atoms with van der Waals surface area (Å²) in [6, 6.07) is 0. The van der Waals surface area contributed by atoms with Crippen molar-refractivity contribution in [1.29, 1.82) is 0 Å². The Kier molecular flexibility index (Phi) is 1.63. The van der Waals surface area contributed by atoms with Crippen molar-refractivity contribution in [1.82, 2.24) is 9.97 Å². The highest BCUT2D eigenvalue weighted by molar-refractivity contribution is 5.27. The maximum absolute atomic E-state index is 4.30. The number of aromatic nitrogens is 2. The van der Waals surface area contributed by atoms with Crippen molar-refractivity contribution in [2.45, 2.75) is 38.5 Å². The largest absolute Gasteiger partial charge is 0.244 e. The maximum Gasteiger partial charge on any atom is 0.115 e. The topological polar surface area (TPSA) is 25.8 Å². The lowest BCUT2D eigenvalue weighted by molar-refractivity contribution is 0.424. The van der Waals surface area contributed by atoms with Gasteiger partial charge >= 0.3 is 0 Å². The summed E-state index contributed by atoms with van der Waals surface area (Å²) in [5.41, 5.74) is 2.88. The smallest absolute Gasteiger partial charge is 0.115 e. The summed E-state index contributed by atoms with van der Waals surface area (Å²) in [6.07, 6.45) is 7.27. The van der Waals surface area contributed by atoms with E-state index in [1.165, 1.54) is 24.1 Å². The number of nitrogens with zero attached hydrogens (tertiary/aromatic N) is 2. The zero-order valence-corrected chi connectivity index (χ0v) is 7.67. The van der Waals surface area contributed by atoms with Crippen LogP contribution in [0.3, 0.4) is 0 Å². The highest BCUT2D eigenvalue weighted by Crippen LogP contribution is 2.34. The Morgan fingerprint density at radius 2 is 2.25 bits per heavy atom. The van der Waals surface area contributed by atoms with E-state index in [9.17, 15) is 0 Å². The van der Waals surface area contributed by atoms with Gasteiger partial charge in [0.05, 0.1) is 0 Å². The first-order valence-electron chi connectivity index (χ1n) is 4.49. The van der Waals surface area contributed by atoms with E-state index in [2.05, 4.69) is 23.8 Å². The Morgan fingerprint density at radius 3 is 3.00 bits per heavy atom. The lowest BCUT2D eigenvalue weighted by atomic mass is 9.75. The van der Waals surface area contributed by atoms with Gasteiger partial charge in [0.2, 0.25) is 0 Å². The first-order chi connectivity index (χ1) is 5.70. The highest BCUT2D eigenvalue weighted by Gasteiger charge is 2.27. The molecular formula is C10H14N2. The van der Waals surface area contributed by atoms with Crippen LogP contribution in [0.25, 0.3) is 0 Å². The molecule has 2 nitrogen and oxygen atoms in total. The van der Waals surface area contributed by atoms with Crippen LogP contribution in [-0.4, -0.2) is 9.97 Å². The first kappa shape index (κ1) is 7.71. The molecule has 0 bridgehead atoms. The minimum absolute atomic E-state index is 0.287. The number of hydrogen-bond acceptors (Lipinski definition) is 2. The van der Waals surface area contributed by atoms with E-state index in [0.717, 1.165) is 6.42 Å². The molecule has 0 saturated carbocycles. The minimum Gasteiger partial charge on any atom is -0.244 e. The zero-order chi connectivity index (χ0) is 8.60. The van der Waals surface area contributed by atoms with Gasteiger partial charge in [-0.05, 0) is 30.2 Å². The van der Waals surface area contributed by atoms with Crippen LogP contribution in [0.15, 0.2) is 12.5 Å². The molecule has 2 heteroatoms. The van der Waals surface area contributed by atoms with E-state index in [1.807, 2.05) is 6.20 Å². The van der Waals surface area contributed by atoms with Crippen LogP contribution in [-0.2, 0) is 11.8 Å². The summed E-state index contributed by atoms with van der Waals surface area (Å²) in [5.74, 6) is 0. The van der Waals surface area contributed by atoms with Crippen molar-refractivity contribution in [2.24, 2.45) is 0 Å². The normalized spacial score (nSPS) is 20.2. The third kappa shape index (κ3) is 1.11. The number of rotatable bonds is 0. The fourth-order valence-electron chi connectivity index (χ4n) is 1.95. The van der Waals surface area contributed by atoms with Crippen molar-refractivity contribution >= 4 is 0 Å². The maximum atomic E-state index is 4.30. The lowest BCUT2D eigenvalue weighted by Crippen LogP contribution is -2.24. The summed E-state index contributed by atoms with van der Waals surface area (Å²) in [5, 5.41) is 0. The molecule has 2 rings (SSSR count). The molecule has 1 aliphatic carbocycles. The van der Waals surface area contributed by atoms with Crippen molar-refractivity contribution < 1.29 is 0 Å². The van der Waals surface area contributed by atoms with Gasteiger partial charge in [0.15, 0.2) is 0 Å². The predicted molar refractivity (Wildman–Crippen MR) is 48.0 cm³/mol. The molecule has 0 unspecified atom stereocenters. The first-order valence-corrected chi connectivity index (χ1v) is 4.49. The molecule has 1 aliphatic rings. The molecule has 0 N–H and O–H groups in total. The molecule has 0 fully saturated rings. The fourth-order valence-corrected chi connectivity index (χ4v) is 1.95. The van der Waals surface area contributed by atoms with E-state index in [1.54, 1.807) is 6.33 Å². The van der Waals surface area contributed by atoms with Crippen molar-refractivity contribution in [2.75, 3.05) is 0 Å². The molecule has 1 aromatic heterocycles. The molecule has 0 aliphatic heterocycles. The molecule has 0 aromatic carbocycles. The quantitative estimate of drug-likeness (QED) is 0.583. The molecule has 0 saturated heterocycles. The number of aryl methyl sites for hydroxylation is 1. The Morgan fingerprint density at radius 1 is 1.42 bits per heavy atom. The van der Waals surface area contributed by atoms with E-state index >= 15 is 0 Å². The number of fused-ring (bicyclic) bond motifs is 1. The Labute approximate surface area is 73.1 Å². The van der Waals surface area contributed by atoms with Gasteiger partial charge in [0.25, 0.3) is 0 Å². The summed E-state index contributed by atoms with van der Waals surface area (Å²) in [6.45, 7) is 4.54. The van der Waals surface area contributed by atoms with Crippen LogP contribution < -0.4 is 0 Å². The minimum atomic E-state index is 0.287. The SMILES string of the molecule is CC1(C)CCCc2ncncc21. The van der Waals surface area contributed by atoms with Crippen LogP contribution in [0.5, 0.6) is 0 Å². The molecular weight excluding hydrogens is 148 g/mol. The molecule has 1 aromatic rings. The summed E-state index contributed by atoms with van der Waals surface area (Å²) in [4.78, 5) is 8.39. The number of hydrogen-bond donors (Lipinski definition) is 0. The zero-order valence-electron chi connectivity index (χ0n) is 7.67. The Hall–Kier alpha value is -0.920. The average Bonchev–Trinajstić information content (AvgIpc) is 2.04. The monoisotopic (exact) mass is 162 g/mol. The van der Waals surface area contributed by atoms with Gasteiger partial charge < -0.3 is 0 Å².